The van der Waals surface area contributed by atoms with Crippen molar-refractivity contribution in [2.45, 2.75) is 13.3 Å². The summed E-state index contributed by atoms with van der Waals surface area (Å²) in [7, 11) is 0. The van der Waals surface area contributed by atoms with Crippen LogP contribution in [0.15, 0.2) is 24.3 Å². The van der Waals surface area contributed by atoms with E-state index in [4.69, 9.17) is 10.6 Å². The predicted octanol–water partition coefficient (Wildman–Crippen LogP) is 1.83. The number of hydrazine groups is 1. The summed E-state index contributed by atoms with van der Waals surface area (Å²) in [5.41, 5.74) is 2.56. The van der Waals surface area contributed by atoms with Crippen LogP contribution in [0.1, 0.15) is 13.3 Å². The maximum absolute atomic E-state index is 13.6. The molecule has 0 radical (unpaired) electrons. The highest BCUT2D eigenvalue weighted by molar-refractivity contribution is 5.54. The first-order valence-corrected chi connectivity index (χ1v) is 6.10. The van der Waals surface area contributed by atoms with Crippen LogP contribution < -0.4 is 21.3 Å². The smallest absolute Gasteiger partial charge is 0.323 e. The van der Waals surface area contributed by atoms with Crippen molar-refractivity contribution in [1.82, 2.24) is 15.0 Å². The first kappa shape index (κ1) is 13.9. The number of benzene rings is 1. The van der Waals surface area contributed by atoms with Gasteiger partial charge in [0, 0.05) is 0 Å². The Balaban J connectivity index is 2.24. The van der Waals surface area contributed by atoms with E-state index in [9.17, 15) is 4.39 Å². The third kappa shape index (κ3) is 3.51. The highest BCUT2D eigenvalue weighted by Crippen LogP contribution is 2.19. The van der Waals surface area contributed by atoms with Gasteiger partial charge in [0.15, 0.2) is 0 Å². The Kier molecular flexibility index (Phi) is 4.61. The highest BCUT2D eigenvalue weighted by atomic mass is 19.1. The van der Waals surface area contributed by atoms with Crippen LogP contribution in [0.25, 0.3) is 0 Å². The Morgan fingerprint density at radius 2 is 1.95 bits per heavy atom. The minimum atomic E-state index is -0.411. The average molecular weight is 278 g/mol. The van der Waals surface area contributed by atoms with E-state index >= 15 is 0 Å². The fourth-order valence-corrected chi connectivity index (χ4v) is 1.42. The SMILES string of the molecule is CCCOc1nc(NN)nc(Nc2ccccc2F)n1. The number of ether oxygens (including phenoxy) is 1. The molecule has 0 fully saturated rings. The number of para-hydroxylation sites is 1. The van der Waals surface area contributed by atoms with Crippen molar-refractivity contribution < 1.29 is 9.13 Å². The molecule has 2 rings (SSSR count). The molecule has 0 saturated heterocycles. The second-order valence-corrected chi connectivity index (χ2v) is 3.86. The van der Waals surface area contributed by atoms with Gasteiger partial charge < -0.3 is 10.1 Å². The number of rotatable bonds is 6. The molecule has 7 nitrogen and oxygen atoms in total. The molecule has 0 aliphatic heterocycles. The molecule has 106 valence electrons. The van der Waals surface area contributed by atoms with E-state index in [2.05, 4.69) is 25.7 Å². The van der Waals surface area contributed by atoms with Gasteiger partial charge in [0.1, 0.15) is 5.82 Å². The topological polar surface area (TPSA) is 98.0 Å². The van der Waals surface area contributed by atoms with Crippen molar-refractivity contribution in [1.29, 1.82) is 0 Å². The zero-order chi connectivity index (χ0) is 14.4. The lowest BCUT2D eigenvalue weighted by Crippen LogP contribution is -2.14. The van der Waals surface area contributed by atoms with E-state index in [1.54, 1.807) is 18.2 Å². The fraction of sp³-hybridized carbons (Fsp3) is 0.250. The molecule has 2 aromatic rings. The quantitative estimate of drug-likeness (QED) is 0.547. The molecule has 0 aliphatic rings. The summed E-state index contributed by atoms with van der Waals surface area (Å²) in [5.74, 6) is 5.14. The molecule has 0 bridgehead atoms. The Bertz CT molecular complexity index is 580. The number of nitrogens with one attached hydrogen (secondary N) is 2. The Morgan fingerprint density at radius 1 is 1.20 bits per heavy atom. The van der Waals surface area contributed by atoms with Gasteiger partial charge in [-0.05, 0) is 18.6 Å². The van der Waals surface area contributed by atoms with E-state index in [1.807, 2.05) is 6.92 Å². The number of anilines is 3. The molecule has 1 heterocycles. The zero-order valence-corrected chi connectivity index (χ0v) is 10.9. The van der Waals surface area contributed by atoms with Crippen LogP contribution in [-0.4, -0.2) is 21.6 Å². The van der Waals surface area contributed by atoms with Crippen molar-refractivity contribution in [2.75, 3.05) is 17.3 Å². The van der Waals surface area contributed by atoms with Crippen LogP contribution in [0, 0.1) is 5.82 Å². The Hall–Kier alpha value is -2.48. The number of halogens is 1. The first-order chi connectivity index (χ1) is 9.72. The summed E-state index contributed by atoms with van der Waals surface area (Å²) in [4.78, 5) is 12.0. The zero-order valence-electron chi connectivity index (χ0n) is 10.9. The van der Waals surface area contributed by atoms with Gasteiger partial charge in [0.25, 0.3) is 0 Å². The predicted molar refractivity (Wildman–Crippen MR) is 73.1 cm³/mol. The van der Waals surface area contributed by atoms with Crippen LogP contribution in [0.3, 0.4) is 0 Å². The van der Waals surface area contributed by atoms with Crippen molar-refractivity contribution in [3.63, 3.8) is 0 Å². The minimum Gasteiger partial charge on any atom is -0.463 e. The molecule has 4 N–H and O–H groups in total. The lowest BCUT2D eigenvalue weighted by atomic mass is 10.3. The van der Waals surface area contributed by atoms with Crippen LogP contribution in [-0.2, 0) is 0 Å². The lowest BCUT2D eigenvalue weighted by molar-refractivity contribution is 0.292. The molecule has 0 aliphatic carbocycles. The molecule has 0 amide bonds. The van der Waals surface area contributed by atoms with Gasteiger partial charge in [-0.15, -0.1) is 0 Å². The number of nitrogens with zero attached hydrogens (tertiary/aromatic N) is 3. The van der Waals surface area contributed by atoms with E-state index < -0.39 is 5.82 Å². The first-order valence-electron chi connectivity index (χ1n) is 6.10. The maximum Gasteiger partial charge on any atom is 0.323 e. The summed E-state index contributed by atoms with van der Waals surface area (Å²) in [5, 5.41) is 2.75. The van der Waals surface area contributed by atoms with Crippen LogP contribution in [0.5, 0.6) is 6.01 Å². The lowest BCUT2D eigenvalue weighted by Gasteiger charge is -2.09. The minimum absolute atomic E-state index is 0.119. The third-order valence-electron chi connectivity index (χ3n) is 2.30. The molecule has 8 heteroatoms. The maximum atomic E-state index is 13.6. The average Bonchev–Trinajstić information content (AvgIpc) is 2.47. The second-order valence-electron chi connectivity index (χ2n) is 3.86. The van der Waals surface area contributed by atoms with Gasteiger partial charge in [-0.3, -0.25) is 5.43 Å². The molecule has 0 saturated carbocycles. The number of hydrogen-bond donors (Lipinski definition) is 3. The number of hydrogen-bond acceptors (Lipinski definition) is 7. The van der Waals surface area contributed by atoms with E-state index in [0.717, 1.165) is 6.42 Å². The van der Waals surface area contributed by atoms with Crippen LogP contribution in [0.2, 0.25) is 0 Å². The number of nitrogens with two attached hydrogens (primary N) is 1. The monoisotopic (exact) mass is 278 g/mol. The van der Waals surface area contributed by atoms with Crippen molar-refractivity contribution in [2.24, 2.45) is 5.84 Å². The van der Waals surface area contributed by atoms with Gasteiger partial charge in [-0.25, -0.2) is 10.2 Å². The molecule has 1 aromatic carbocycles. The molecule has 0 unspecified atom stereocenters. The summed E-state index contributed by atoms with van der Waals surface area (Å²) in [6.45, 7) is 2.43. The van der Waals surface area contributed by atoms with Crippen LogP contribution in [0.4, 0.5) is 22.0 Å². The standard InChI is InChI=1S/C12H15FN6O/c1-2-7-20-12-17-10(16-11(18-12)19-14)15-9-6-4-3-5-8(9)13/h3-6H,2,7,14H2,1H3,(H2,15,16,17,18,19). The van der Waals surface area contributed by atoms with Crippen LogP contribution >= 0.6 is 0 Å². The largest absolute Gasteiger partial charge is 0.463 e. The van der Waals surface area contributed by atoms with Crippen molar-refractivity contribution in [3.8, 4) is 6.01 Å². The van der Waals surface area contributed by atoms with E-state index in [-0.39, 0.29) is 23.6 Å². The molecule has 1 aromatic heterocycles. The Morgan fingerprint density at radius 3 is 2.65 bits per heavy atom. The molecule has 0 spiro atoms. The fourth-order valence-electron chi connectivity index (χ4n) is 1.42. The molecule has 0 atom stereocenters. The highest BCUT2D eigenvalue weighted by Gasteiger charge is 2.09. The van der Waals surface area contributed by atoms with Crippen molar-refractivity contribution in [3.05, 3.63) is 30.1 Å². The van der Waals surface area contributed by atoms with Gasteiger partial charge in [0.05, 0.1) is 12.3 Å². The number of aromatic nitrogens is 3. The summed E-state index contributed by atoms with van der Waals surface area (Å²) in [6, 6.07) is 6.31. The summed E-state index contributed by atoms with van der Waals surface area (Å²) in [6.07, 6.45) is 0.813. The van der Waals surface area contributed by atoms with Gasteiger partial charge >= 0.3 is 6.01 Å². The molecular formula is C12H15FN6O. The van der Waals surface area contributed by atoms with Gasteiger partial charge in [-0.2, -0.15) is 15.0 Å². The third-order valence-corrected chi connectivity index (χ3v) is 2.30. The second kappa shape index (κ2) is 6.62. The summed E-state index contributed by atoms with van der Waals surface area (Å²) < 4.78 is 18.9. The van der Waals surface area contributed by atoms with E-state index in [1.165, 1.54) is 6.07 Å². The molecular weight excluding hydrogens is 263 g/mol. The number of nitrogen functional groups attached to an aromatic ring is 1. The normalized spacial score (nSPS) is 10.2. The summed E-state index contributed by atoms with van der Waals surface area (Å²) >= 11 is 0. The molecule has 20 heavy (non-hydrogen) atoms. The van der Waals surface area contributed by atoms with Gasteiger partial charge in [-0.1, -0.05) is 19.1 Å². The Labute approximate surface area is 115 Å². The van der Waals surface area contributed by atoms with Gasteiger partial charge in [0.2, 0.25) is 11.9 Å². The van der Waals surface area contributed by atoms with Crippen molar-refractivity contribution >= 4 is 17.6 Å². The van der Waals surface area contributed by atoms with E-state index in [0.29, 0.717) is 6.61 Å².